The van der Waals surface area contributed by atoms with Gasteiger partial charge in [0.25, 0.3) is 0 Å². The van der Waals surface area contributed by atoms with E-state index in [1.54, 1.807) is 0 Å². The third kappa shape index (κ3) is 2.47. The maximum Gasteiger partial charge on any atom is 0.225 e. The van der Waals surface area contributed by atoms with Gasteiger partial charge in [-0.05, 0) is 18.3 Å². The largest absolute Gasteiger partial charge is 0.367 e. The number of anilines is 1. The Morgan fingerprint density at radius 1 is 1.38 bits per heavy atom. The molecule has 0 amide bonds. The van der Waals surface area contributed by atoms with Gasteiger partial charge in [0.05, 0.1) is 5.69 Å². The van der Waals surface area contributed by atoms with Gasteiger partial charge in [-0.2, -0.15) is 0 Å². The van der Waals surface area contributed by atoms with Crippen LogP contribution >= 0.6 is 0 Å². The first-order valence-corrected chi connectivity index (χ1v) is 4.67. The summed E-state index contributed by atoms with van der Waals surface area (Å²) >= 11 is 0. The maximum atomic E-state index is 5.64. The van der Waals surface area contributed by atoms with Crippen molar-refractivity contribution in [2.45, 2.75) is 40.5 Å². The average Bonchev–Trinajstić information content (AvgIpc) is 2.28. The molecule has 0 aliphatic heterocycles. The first kappa shape index (κ1) is 10.1. The highest BCUT2D eigenvalue weighted by Gasteiger charge is 2.18. The minimum Gasteiger partial charge on any atom is -0.367 e. The van der Waals surface area contributed by atoms with Crippen molar-refractivity contribution in [1.82, 2.24) is 5.16 Å². The third-order valence-electron chi connectivity index (χ3n) is 1.95. The summed E-state index contributed by atoms with van der Waals surface area (Å²) in [4.78, 5) is 0. The number of hydrogen-bond donors (Lipinski definition) is 1. The average molecular weight is 182 g/mol. The molecule has 0 aliphatic rings. The summed E-state index contributed by atoms with van der Waals surface area (Å²) in [6.07, 6.45) is 1.80. The van der Waals surface area contributed by atoms with E-state index in [-0.39, 0.29) is 5.41 Å². The number of hydrogen-bond acceptors (Lipinski definition) is 3. The Morgan fingerprint density at radius 3 is 2.46 bits per heavy atom. The normalized spacial score (nSPS) is 12.0. The lowest BCUT2D eigenvalue weighted by molar-refractivity contribution is 0.376. The van der Waals surface area contributed by atoms with Gasteiger partial charge < -0.3 is 10.3 Å². The minimum absolute atomic E-state index is 0.229. The number of aromatic nitrogens is 1. The lowest BCUT2D eigenvalue weighted by atomic mass is 9.89. The second-order valence-corrected chi connectivity index (χ2v) is 4.56. The molecule has 0 aromatic carbocycles. The summed E-state index contributed by atoms with van der Waals surface area (Å²) in [7, 11) is 0. The summed E-state index contributed by atoms with van der Waals surface area (Å²) in [5.74, 6) is 0.474. The Hall–Kier alpha value is -0.990. The van der Waals surface area contributed by atoms with Crippen molar-refractivity contribution in [2.24, 2.45) is 5.41 Å². The molecule has 3 nitrogen and oxygen atoms in total. The standard InChI is InChI=1S/C10H18N2O/c1-5-7-8(6-10(2,3)4)12-13-9(7)11/h5-6,11H2,1-4H3. The van der Waals surface area contributed by atoms with Crippen molar-refractivity contribution in [3.63, 3.8) is 0 Å². The van der Waals surface area contributed by atoms with E-state index in [1.165, 1.54) is 0 Å². The molecule has 0 saturated carbocycles. The summed E-state index contributed by atoms with van der Waals surface area (Å²) < 4.78 is 4.96. The molecule has 1 heterocycles. The van der Waals surface area contributed by atoms with Crippen LogP contribution in [0, 0.1) is 5.41 Å². The fourth-order valence-electron chi connectivity index (χ4n) is 1.38. The van der Waals surface area contributed by atoms with Gasteiger partial charge in [0, 0.05) is 5.56 Å². The highest BCUT2D eigenvalue weighted by atomic mass is 16.5. The molecule has 3 heteroatoms. The van der Waals surface area contributed by atoms with Crippen molar-refractivity contribution in [3.8, 4) is 0 Å². The van der Waals surface area contributed by atoms with Crippen LogP contribution in [0.4, 0.5) is 5.88 Å². The second kappa shape index (κ2) is 3.40. The summed E-state index contributed by atoms with van der Waals surface area (Å²) in [5.41, 5.74) is 7.94. The van der Waals surface area contributed by atoms with Crippen molar-refractivity contribution < 1.29 is 4.52 Å². The Morgan fingerprint density at radius 2 is 2.00 bits per heavy atom. The molecule has 0 aliphatic carbocycles. The summed E-state index contributed by atoms with van der Waals surface area (Å²) in [5, 5.41) is 3.97. The Kier molecular flexibility index (Phi) is 2.64. The molecule has 1 aromatic heterocycles. The molecule has 0 radical (unpaired) electrons. The first-order valence-electron chi connectivity index (χ1n) is 4.67. The second-order valence-electron chi connectivity index (χ2n) is 4.56. The first-order chi connectivity index (χ1) is 5.94. The molecule has 2 N–H and O–H groups in total. The van der Waals surface area contributed by atoms with Gasteiger partial charge in [0.2, 0.25) is 5.88 Å². The minimum atomic E-state index is 0.229. The van der Waals surface area contributed by atoms with Gasteiger partial charge in [0.15, 0.2) is 0 Å². The zero-order chi connectivity index (χ0) is 10.1. The van der Waals surface area contributed by atoms with Crippen LogP contribution in [0.15, 0.2) is 4.52 Å². The number of nitrogen functional groups attached to an aromatic ring is 1. The number of nitrogens with zero attached hydrogens (tertiary/aromatic N) is 1. The number of nitrogens with two attached hydrogens (primary N) is 1. The molecule has 0 atom stereocenters. The van der Waals surface area contributed by atoms with E-state index in [0.717, 1.165) is 24.1 Å². The molecule has 0 saturated heterocycles. The zero-order valence-electron chi connectivity index (χ0n) is 8.85. The predicted octanol–water partition coefficient (Wildman–Crippen LogP) is 2.41. The highest BCUT2D eigenvalue weighted by molar-refractivity contribution is 5.39. The van der Waals surface area contributed by atoms with Gasteiger partial charge in [-0.1, -0.05) is 32.9 Å². The molecule has 74 valence electrons. The van der Waals surface area contributed by atoms with Crippen LogP contribution < -0.4 is 5.73 Å². The van der Waals surface area contributed by atoms with E-state index >= 15 is 0 Å². The fraction of sp³-hybridized carbons (Fsp3) is 0.700. The van der Waals surface area contributed by atoms with E-state index < -0.39 is 0 Å². The van der Waals surface area contributed by atoms with Crippen LogP contribution in [-0.2, 0) is 12.8 Å². The van der Waals surface area contributed by atoms with Gasteiger partial charge in [0.1, 0.15) is 0 Å². The smallest absolute Gasteiger partial charge is 0.225 e. The van der Waals surface area contributed by atoms with E-state index in [9.17, 15) is 0 Å². The van der Waals surface area contributed by atoms with Crippen molar-refractivity contribution in [3.05, 3.63) is 11.3 Å². The van der Waals surface area contributed by atoms with E-state index in [0.29, 0.717) is 5.88 Å². The van der Waals surface area contributed by atoms with E-state index in [2.05, 4.69) is 32.9 Å². The Labute approximate surface area is 79.3 Å². The molecule has 1 aromatic rings. The molecule has 0 fully saturated rings. The monoisotopic (exact) mass is 182 g/mol. The topological polar surface area (TPSA) is 52.0 Å². The van der Waals surface area contributed by atoms with Gasteiger partial charge in [-0.15, -0.1) is 0 Å². The summed E-state index contributed by atoms with van der Waals surface area (Å²) in [6, 6.07) is 0. The molecule has 0 bridgehead atoms. The molecule has 13 heavy (non-hydrogen) atoms. The fourth-order valence-corrected chi connectivity index (χ4v) is 1.38. The lowest BCUT2D eigenvalue weighted by Crippen LogP contribution is -2.10. The maximum absolute atomic E-state index is 5.64. The van der Waals surface area contributed by atoms with E-state index in [1.807, 2.05) is 0 Å². The molecule has 1 rings (SSSR count). The van der Waals surface area contributed by atoms with Crippen LogP contribution in [0.25, 0.3) is 0 Å². The Balaban J connectivity index is 2.89. The third-order valence-corrected chi connectivity index (χ3v) is 1.95. The van der Waals surface area contributed by atoms with Crippen LogP contribution in [-0.4, -0.2) is 5.16 Å². The summed E-state index contributed by atoms with van der Waals surface area (Å²) in [6.45, 7) is 8.60. The van der Waals surface area contributed by atoms with Crippen molar-refractivity contribution in [1.29, 1.82) is 0 Å². The zero-order valence-corrected chi connectivity index (χ0v) is 8.85. The van der Waals surface area contributed by atoms with Crippen molar-refractivity contribution in [2.75, 3.05) is 5.73 Å². The Bertz CT molecular complexity index is 284. The highest BCUT2D eigenvalue weighted by Crippen LogP contribution is 2.25. The molecule has 0 spiro atoms. The SMILES string of the molecule is CCc1c(CC(C)(C)C)noc1N. The lowest BCUT2D eigenvalue weighted by Gasteiger charge is -2.16. The van der Waals surface area contributed by atoms with Crippen LogP contribution in [0.1, 0.15) is 39.0 Å². The molecular weight excluding hydrogens is 164 g/mol. The van der Waals surface area contributed by atoms with Gasteiger partial charge in [-0.3, -0.25) is 0 Å². The van der Waals surface area contributed by atoms with E-state index in [4.69, 9.17) is 10.3 Å². The van der Waals surface area contributed by atoms with Crippen LogP contribution in [0.5, 0.6) is 0 Å². The number of rotatable bonds is 2. The van der Waals surface area contributed by atoms with Crippen LogP contribution in [0.3, 0.4) is 0 Å². The molecular formula is C10H18N2O. The van der Waals surface area contributed by atoms with Gasteiger partial charge in [-0.25, -0.2) is 0 Å². The molecule has 0 unspecified atom stereocenters. The van der Waals surface area contributed by atoms with Gasteiger partial charge >= 0.3 is 0 Å². The predicted molar refractivity (Wildman–Crippen MR) is 53.5 cm³/mol. The van der Waals surface area contributed by atoms with Crippen LogP contribution in [0.2, 0.25) is 0 Å². The van der Waals surface area contributed by atoms with Crippen molar-refractivity contribution >= 4 is 5.88 Å². The quantitative estimate of drug-likeness (QED) is 0.764.